The summed E-state index contributed by atoms with van der Waals surface area (Å²) >= 11 is 5.88. The average Bonchev–Trinajstić information content (AvgIpc) is 3.60. The van der Waals surface area contributed by atoms with Crippen molar-refractivity contribution in [3.63, 3.8) is 0 Å². The Labute approximate surface area is 228 Å². The van der Waals surface area contributed by atoms with E-state index in [9.17, 15) is 26.4 Å². The first-order chi connectivity index (χ1) is 18.7. The van der Waals surface area contributed by atoms with Crippen molar-refractivity contribution < 1.29 is 34.6 Å². The van der Waals surface area contributed by atoms with Crippen molar-refractivity contribution in [1.29, 1.82) is 0 Å². The molecular formula is C24H17ClF5N5O4S. The lowest BCUT2D eigenvalue weighted by Crippen LogP contribution is -2.30. The molecule has 210 valence electrons. The third kappa shape index (κ3) is 4.62. The molecule has 1 saturated carbocycles. The Morgan fingerprint density at radius 3 is 2.40 bits per heavy atom. The van der Waals surface area contributed by atoms with Crippen molar-refractivity contribution in [3.8, 4) is 34.1 Å². The second-order valence-electron chi connectivity index (χ2n) is 8.97. The van der Waals surface area contributed by atoms with Crippen molar-refractivity contribution in [3.05, 3.63) is 75.1 Å². The summed E-state index contributed by atoms with van der Waals surface area (Å²) in [5.41, 5.74) is -8.31. The SMILES string of the molecule is Cc1cnc(-c2cccc(-c3ncnn3C3CC3)c2F)c(F)c1-n1c(C)cc(OS(=O)(=O)C(F)(F)F)c(Cl)c1=O. The number of hydrogen-bond acceptors (Lipinski definition) is 7. The number of aromatic nitrogens is 5. The fourth-order valence-corrected chi connectivity index (χ4v) is 4.81. The molecule has 40 heavy (non-hydrogen) atoms. The minimum atomic E-state index is -6.15. The first-order valence-electron chi connectivity index (χ1n) is 11.5. The summed E-state index contributed by atoms with van der Waals surface area (Å²) in [5, 5.41) is 3.09. The zero-order valence-corrected chi connectivity index (χ0v) is 22.1. The van der Waals surface area contributed by atoms with Crippen molar-refractivity contribution in [1.82, 2.24) is 24.3 Å². The molecule has 1 fully saturated rings. The molecule has 1 aliphatic rings. The Morgan fingerprint density at radius 2 is 1.75 bits per heavy atom. The summed E-state index contributed by atoms with van der Waals surface area (Å²) in [7, 11) is -6.15. The van der Waals surface area contributed by atoms with Crippen LogP contribution >= 0.6 is 11.6 Å². The van der Waals surface area contributed by atoms with Gasteiger partial charge in [-0.3, -0.25) is 14.3 Å². The lowest BCUT2D eigenvalue weighted by Gasteiger charge is -2.18. The standard InChI is InChI=1S/C24H17ClF5N5O4S/c1-11-9-31-20(14-4-3-5-15(18(14)26)22-32-10-33-35(22)13-6-7-13)19(27)21(11)34-12(2)8-16(17(25)23(34)36)39-40(37,38)24(28,29)30/h3-5,8-10,13H,6-7H2,1-2H3. The molecule has 0 unspecified atom stereocenters. The Kier molecular flexibility index (Phi) is 6.69. The van der Waals surface area contributed by atoms with Crippen molar-refractivity contribution in [2.24, 2.45) is 0 Å². The summed E-state index contributed by atoms with van der Waals surface area (Å²) in [6, 6.07) is 5.03. The van der Waals surface area contributed by atoms with Gasteiger partial charge in [-0.15, -0.1) is 0 Å². The molecule has 0 saturated heterocycles. The van der Waals surface area contributed by atoms with E-state index in [0.717, 1.165) is 18.9 Å². The van der Waals surface area contributed by atoms with Crippen LogP contribution in [-0.2, 0) is 10.1 Å². The first kappa shape index (κ1) is 27.7. The minimum Gasteiger partial charge on any atom is -0.374 e. The zero-order chi connectivity index (χ0) is 29.1. The van der Waals surface area contributed by atoms with E-state index < -0.39 is 55.0 Å². The number of hydrogen-bond donors (Lipinski definition) is 0. The van der Waals surface area contributed by atoms with Crippen LogP contribution in [0.3, 0.4) is 0 Å². The molecule has 0 bridgehead atoms. The average molecular weight is 602 g/mol. The predicted molar refractivity (Wildman–Crippen MR) is 133 cm³/mol. The van der Waals surface area contributed by atoms with Crippen LogP contribution in [0.15, 0.2) is 41.6 Å². The molecule has 16 heteroatoms. The summed E-state index contributed by atoms with van der Waals surface area (Å²) in [5.74, 6) is -2.83. The predicted octanol–water partition coefficient (Wildman–Crippen LogP) is 5.27. The van der Waals surface area contributed by atoms with Gasteiger partial charge in [0.05, 0.1) is 17.3 Å². The Morgan fingerprint density at radius 1 is 1.07 bits per heavy atom. The van der Waals surface area contributed by atoms with E-state index in [4.69, 9.17) is 11.6 Å². The van der Waals surface area contributed by atoms with Crippen molar-refractivity contribution >= 4 is 21.7 Å². The van der Waals surface area contributed by atoms with Gasteiger partial charge in [-0.05, 0) is 44.4 Å². The van der Waals surface area contributed by atoms with Crippen LogP contribution in [0.4, 0.5) is 22.0 Å². The lowest BCUT2D eigenvalue weighted by molar-refractivity contribution is -0.0500. The number of benzene rings is 1. The normalized spacial score (nSPS) is 14.0. The number of pyridine rings is 2. The molecule has 9 nitrogen and oxygen atoms in total. The molecule has 3 heterocycles. The highest BCUT2D eigenvalue weighted by molar-refractivity contribution is 7.88. The molecule has 0 radical (unpaired) electrons. The minimum absolute atomic E-state index is 0.0500. The largest absolute Gasteiger partial charge is 0.534 e. The Balaban J connectivity index is 1.64. The molecular weight excluding hydrogens is 585 g/mol. The monoisotopic (exact) mass is 601 g/mol. The van der Waals surface area contributed by atoms with E-state index in [1.54, 1.807) is 4.68 Å². The molecule has 0 atom stereocenters. The third-order valence-corrected chi connectivity index (χ3v) is 7.46. The van der Waals surface area contributed by atoms with Gasteiger partial charge in [-0.25, -0.2) is 18.4 Å². The highest BCUT2D eigenvalue weighted by Crippen LogP contribution is 2.39. The van der Waals surface area contributed by atoms with Gasteiger partial charge in [0.2, 0.25) is 0 Å². The molecule has 3 aromatic heterocycles. The van der Waals surface area contributed by atoms with Crippen LogP contribution in [-0.4, -0.2) is 38.2 Å². The quantitative estimate of drug-likeness (QED) is 0.168. The number of aryl methyl sites for hydroxylation is 2. The summed E-state index contributed by atoms with van der Waals surface area (Å²) < 4.78 is 99.4. The molecule has 1 aliphatic carbocycles. The highest BCUT2D eigenvalue weighted by atomic mass is 35.5. The van der Waals surface area contributed by atoms with Crippen molar-refractivity contribution in [2.45, 2.75) is 38.2 Å². The summed E-state index contributed by atoms with van der Waals surface area (Å²) in [6.45, 7) is 2.58. The molecule has 0 aliphatic heterocycles. The second-order valence-corrected chi connectivity index (χ2v) is 10.9. The van der Waals surface area contributed by atoms with Gasteiger partial charge in [-0.2, -0.15) is 26.7 Å². The number of alkyl halides is 3. The van der Waals surface area contributed by atoms with Gasteiger partial charge in [0.25, 0.3) is 5.56 Å². The molecule has 0 spiro atoms. The highest BCUT2D eigenvalue weighted by Gasteiger charge is 2.49. The topological polar surface area (TPSA) is 109 Å². The van der Waals surface area contributed by atoms with E-state index >= 15 is 8.78 Å². The maximum absolute atomic E-state index is 16.1. The van der Waals surface area contributed by atoms with Crippen LogP contribution in [0.1, 0.15) is 30.1 Å². The van der Waals surface area contributed by atoms with Gasteiger partial charge in [-0.1, -0.05) is 17.7 Å². The van der Waals surface area contributed by atoms with Crippen LogP contribution in [0.25, 0.3) is 28.3 Å². The maximum atomic E-state index is 16.1. The first-order valence-corrected chi connectivity index (χ1v) is 13.3. The smallest absolute Gasteiger partial charge is 0.374 e. The molecule has 0 amide bonds. The van der Waals surface area contributed by atoms with Crippen LogP contribution in [0.2, 0.25) is 5.02 Å². The number of halogens is 6. The Hall–Kier alpha value is -3.85. The summed E-state index contributed by atoms with van der Waals surface area (Å²) in [4.78, 5) is 21.2. The lowest BCUT2D eigenvalue weighted by atomic mass is 10.0. The molecule has 5 rings (SSSR count). The fraction of sp³-hybridized carbons (Fsp3) is 0.250. The van der Waals surface area contributed by atoms with Gasteiger partial charge in [0, 0.05) is 23.5 Å². The van der Waals surface area contributed by atoms with E-state index in [1.807, 2.05) is 0 Å². The molecule has 1 aromatic carbocycles. The molecule has 0 N–H and O–H groups in total. The van der Waals surface area contributed by atoms with Crippen LogP contribution in [0, 0.1) is 25.5 Å². The van der Waals surface area contributed by atoms with E-state index in [0.29, 0.717) is 4.57 Å². The van der Waals surface area contributed by atoms with E-state index in [1.165, 1.54) is 44.6 Å². The summed E-state index contributed by atoms with van der Waals surface area (Å²) in [6.07, 6.45) is 4.18. The van der Waals surface area contributed by atoms with Gasteiger partial charge in [0.15, 0.2) is 17.4 Å². The van der Waals surface area contributed by atoms with Gasteiger partial charge >= 0.3 is 15.6 Å². The molecule has 4 aromatic rings. The van der Waals surface area contributed by atoms with E-state index in [-0.39, 0.29) is 34.3 Å². The third-order valence-electron chi connectivity index (χ3n) is 6.14. The second kappa shape index (κ2) is 9.66. The fourth-order valence-electron chi connectivity index (χ4n) is 4.13. The van der Waals surface area contributed by atoms with Crippen LogP contribution in [0.5, 0.6) is 5.75 Å². The van der Waals surface area contributed by atoms with Gasteiger partial charge in [0.1, 0.15) is 22.9 Å². The van der Waals surface area contributed by atoms with Gasteiger partial charge < -0.3 is 4.18 Å². The number of rotatable bonds is 6. The Bertz CT molecular complexity index is 1830. The zero-order valence-electron chi connectivity index (χ0n) is 20.5. The number of nitrogens with zero attached hydrogens (tertiary/aromatic N) is 5. The maximum Gasteiger partial charge on any atom is 0.534 e. The van der Waals surface area contributed by atoms with Crippen LogP contribution < -0.4 is 9.74 Å². The van der Waals surface area contributed by atoms with E-state index in [2.05, 4.69) is 19.2 Å². The van der Waals surface area contributed by atoms with Crippen molar-refractivity contribution in [2.75, 3.05) is 0 Å².